The molecule has 0 aliphatic heterocycles. The molecule has 2 aromatic heterocycles. The van der Waals surface area contributed by atoms with Gasteiger partial charge in [-0.05, 0) is 24.6 Å². The second-order valence-corrected chi connectivity index (χ2v) is 8.14. The zero-order valence-electron chi connectivity index (χ0n) is 16.1. The largest absolute Gasteiger partial charge is 0.339 e. The number of nitrogens with zero attached hydrogens (tertiary/aromatic N) is 3. The number of hydrogen-bond acceptors (Lipinski definition) is 6. The number of aryl methyl sites for hydroxylation is 1. The van der Waals surface area contributed by atoms with Crippen molar-refractivity contribution in [3.8, 4) is 0 Å². The Hall–Kier alpha value is -2.48. The summed E-state index contributed by atoms with van der Waals surface area (Å²) in [4.78, 5) is 21.0. The Labute approximate surface area is 162 Å². The van der Waals surface area contributed by atoms with E-state index in [-0.39, 0.29) is 11.9 Å². The fourth-order valence-electron chi connectivity index (χ4n) is 2.49. The molecule has 0 radical (unpaired) electrons. The molecule has 0 saturated carbocycles. The second-order valence-electron chi connectivity index (χ2n) is 7.07. The van der Waals surface area contributed by atoms with Gasteiger partial charge in [0.2, 0.25) is 5.89 Å². The molecule has 2 N–H and O–H groups in total. The van der Waals surface area contributed by atoms with Crippen LogP contribution < -0.4 is 10.6 Å². The highest BCUT2D eigenvalue weighted by molar-refractivity contribution is 7.18. The van der Waals surface area contributed by atoms with Gasteiger partial charge in [-0.3, -0.25) is 0 Å². The molecule has 0 fully saturated rings. The molecule has 0 unspecified atom stereocenters. The number of nitrogens with one attached hydrogen (secondary N) is 2. The lowest BCUT2D eigenvalue weighted by Gasteiger charge is -2.07. The van der Waals surface area contributed by atoms with E-state index in [9.17, 15) is 4.79 Å². The van der Waals surface area contributed by atoms with E-state index in [1.807, 2.05) is 32.0 Å². The highest BCUT2D eigenvalue weighted by atomic mass is 32.1. The molecule has 0 aliphatic rings. The summed E-state index contributed by atoms with van der Waals surface area (Å²) in [5.41, 5.74) is 1.73. The summed E-state index contributed by atoms with van der Waals surface area (Å²) in [6, 6.07) is 5.55. The molecule has 144 valence electrons. The van der Waals surface area contributed by atoms with Crippen molar-refractivity contribution in [3.63, 3.8) is 0 Å². The molecular weight excluding hydrogens is 362 g/mol. The Morgan fingerprint density at radius 3 is 2.70 bits per heavy atom. The van der Waals surface area contributed by atoms with Gasteiger partial charge >= 0.3 is 6.03 Å². The Kier molecular flexibility index (Phi) is 6.05. The van der Waals surface area contributed by atoms with Gasteiger partial charge in [0.05, 0.1) is 15.2 Å². The van der Waals surface area contributed by atoms with Crippen LogP contribution in [0.5, 0.6) is 0 Å². The number of hydrogen-bond donors (Lipinski definition) is 2. The highest BCUT2D eigenvalue weighted by Gasteiger charge is 2.10. The molecule has 2 heterocycles. The molecule has 0 spiro atoms. The van der Waals surface area contributed by atoms with Crippen LogP contribution in [-0.4, -0.2) is 27.7 Å². The van der Waals surface area contributed by atoms with Crippen molar-refractivity contribution in [2.24, 2.45) is 0 Å². The maximum atomic E-state index is 12.1. The number of rotatable bonds is 7. The van der Waals surface area contributed by atoms with Crippen molar-refractivity contribution in [3.05, 3.63) is 34.9 Å². The number of thiazole rings is 1. The quantitative estimate of drug-likeness (QED) is 0.574. The lowest BCUT2D eigenvalue weighted by molar-refractivity contribution is 0.252. The van der Waals surface area contributed by atoms with E-state index in [4.69, 9.17) is 4.52 Å². The van der Waals surface area contributed by atoms with Crippen LogP contribution in [0.25, 0.3) is 10.2 Å². The summed E-state index contributed by atoms with van der Waals surface area (Å²) < 4.78 is 6.27. The van der Waals surface area contributed by atoms with Crippen molar-refractivity contribution in [2.75, 3.05) is 11.9 Å². The van der Waals surface area contributed by atoms with Crippen LogP contribution in [0.2, 0.25) is 0 Å². The van der Waals surface area contributed by atoms with Crippen LogP contribution in [0, 0.1) is 0 Å². The van der Waals surface area contributed by atoms with Crippen LogP contribution in [-0.2, 0) is 6.42 Å². The first kappa shape index (κ1) is 19.3. The van der Waals surface area contributed by atoms with Gasteiger partial charge in [-0.1, -0.05) is 32.9 Å². The van der Waals surface area contributed by atoms with Gasteiger partial charge in [0.15, 0.2) is 5.82 Å². The van der Waals surface area contributed by atoms with Crippen LogP contribution >= 0.6 is 11.3 Å². The van der Waals surface area contributed by atoms with Crippen molar-refractivity contribution in [2.45, 2.75) is 52.4 Å². The number of aromatic nitrogens is 3. The molecule has 0 saturated heterocycles. The molecule has 0 atom stereocenters. The molecule has 0 aliphatic carbocycles. The van der Waals surface area contributed by atoms with Gasteiger partial charge in [-0.15, -0.1) is 11.3 Å². The fourth-order valence-corrected chi connectivity index (χ4v) is 3.50. The minimum atomic E-state index is -0.226. The summed E-state index contributed by atoms with van der Waals surface area (Å²) in [6.07, 6.45) is 1.38. The van der Waals surface area contributed by atoms with E-state index < -0.39 is 0 Å². The molecule has 8 heteroatoms. The zero-order valence-corrected chi connectivity index (χ0v) is 16.9. The Morgan fingerprint density at radius 1 is 1.19 bits per heavy atom. The lowest BCUT2D eigenvalue weighted by atomic mass is 10.2. The maximum absolute atomic E-state index is 12.1. The molecule has 3 aromatic rings. The standard InChI is InChI=1S/C19H25N5O2S/c1-11(2)17-23-16(26-24-17)6-5-9-20-19(25)21-13-7-8-14-15(10-13)27-18(22-14)12(3)4/h7-8,10-12H,5-6,9H2,1-4H3,(H2,20,21,25). The highest BCUT2D eigenvalue weighted by Crippen LogP contribution is 2.29. The van der Waals surface area contributed by atoms with Crippen LogP contribution in [0.1, 0.15) is 62.7 Å². The summed E-state index contributed by atoms with van der Waals surface area (Å²) in [6.45, 7) is 8.83. The second kappa shape index (κ2) is 8.47. The van der Waals surface area contributed by atoms with E-state index in [1.165, 1.54) is 0 Å². The summed E-state index contributed by atoms with van der Waals surface area (Å²) in [5, 5.41) is 10.8. The van der Waals surface area contributed by atoms with Gasteiger partial charge in [-0.25, -0.2) is 9.78 Å². The van der Waals surface area contributed by atoms with Crippen LogP contribution in [0.3, 0.4) is 0 Å². The van der Waals surface area contributed by atoms with E-state index in [1.54, 1.807) is 11.3 Å². The number of carbonyl (C=O) groups is 1. The number of fused-ring (bicyclic) bond motifs is 1. The normalized spacial score (nSPS) is 11.5. The average Bonchev–Trinajstić information content (AvgIpc) is 3.25. The summed E-state index contributed by atoms with van der Waals surface area (Å²) >= 11 is 1.66. The molecule has 0 bridgehead atoms. The smallest absolute Gasteiger partial charge is 0.319 e. The SMILES string of the molecule is CC(C)c1noc(CCCNC(=O)Nc2ccc3nc(C(C)C)sc3c2)n1. The fraction of sp³-hybridized carbons (Fsp3) is 0.474. The first-order valence-electron chi connectivity index (χ1n) is 9.20. The van der Waals surface area contributed by atoms with Crippen LogP contribution in [0.15, 0.2) is 22.7 Å². The third-order valence-electron chi connectivity index (χ3n) is 4.01. The summed E-state index contributed by atoms with van der Waals surface area (Å²) in [7, 11) is 0. The van der Waals surface area contributed by atoms with Crippen molar-refractivity contribution in [1.82, 2.24) is 20.4 Å². The molecule has 3 rings (SSSR count). The maximum Gasteiger partial charge on any atom is 0.319 e. The topological polar surface area (TPSA) is 92.9 Å². The Morgan fingerprint density at radius 2 is 2.00 bits per heavy atom. The monoisotopic (exact) mass is 387 g/mol. The van der Waals surface area contributed by atoms with Crippen molar-refractivity contribution >= 4 is 33.3 Å². The number of benzene rings is 1. The number of anilines is 1. The number of amides is 2. The third-order valence-corrected chi connectivity index (χ3v) is 5.33. The minimum absolute atomic E-state index is 0.226. The molecule has 27 heavy (non-hydrogen) atoms. The van der Waals surface area contributed by atoms with E-state index >= 15 is 0 Å². The zero-order chi connectivity index (χ0) is 19.4. The van der Waals surface area contributed by atoms with Crippen LogP contribution in [0.4, 0.5) is 10.5 Å². The molecule has 1 aromatic carbocycles. The Balaban J connectivity index is 1.46. The van der Waals surface area contributed by atoms with Gasteiger partial charge in [0.25, 0.3) is 0 Å². The summed E-state index contributed by atoms with van der Waals surface area (Å²) in [5.74, 6) is 1.98. The van der Waals surface area contributed by atoms with Gasteiger partial charge in [0.1, 0.15) is 0 Å². The molecular formula is C19H25N5O2S. The van der Waals surface area contributed by atoms with Gasteiger partial charge in [0, 0.05) is 30.5 Å². The first-order valence-corrected chi connectivity index (χ1v) is 10.0. The third kappa shape index (κ3) is 5.03. The lowest BCUT2D eigenvalue weighted by Crippen LogP contribution is -2.29. The number of urea groups is 1. The Bertz CT molecular complexity index is 916. The predicted octanol–water partition coefficient (Wildman–Crippen LogP) is 4.68. The average molecular weight is 388 g/mol. The molecule has 7 nitrogen and oxygen atoms in total. The predicted molar refractivity (Wildman–Crippen MR) is 107 cm³/mol. The minimum Gasteiger partial charge on any atom is -0.339 e. The first-order chi connectivity index (χ1) is 12.9. The molecule has 2 amide bonds. The van der Waals surface area contributed by atoms with Gasteiger partial charge in [-0.2, -0.15) is 4.98 Å². The van der Waals surface area contributed by atoms with E-state index in [2.05, 4.69) is 39.6 Å². The van der Waals surface area contributed by atoms with Gasteiger partial charge < -0.3 is 15.2 Å². The van der Waals surface area contributed by atoms with E-state index in [0.717, 1.165) is 33.2 Å². The number of carbonyl (C=O) groups excluding carboxylic acids is 1. The van der Waals surface area contributed by atoms with Crippen molar-refractivity contribution < 1.29 is 9.32 Å². The van der Waals surface area contributed by atoms with E-state index in [0.29, 0.717) is 24.8 Å². The van der Waals surface area contributed by atoms with Crippen molar-refractivity contribution in [1.29, 1.82) is 0 Å².